The van der Waals surface area contributed by atoms with Crippen molar-refractivity contribution in [2.75, 3.05) is 77.4 Å². The number of aryl methyl sites for hydroxylation is 1. The number of likely N-dealkylation sites (N-methyl/N-ethyl adjacent to an activating group) is 1. The van der Waals surface area contributed by atoms with Crippen LogP contribution in [0.2, 0.25) is 0 Å². The number of rotatable bonds is 10. The average Bonchev–Trinajstić information content (AvgIpc) is 2.85. The fraction of sp³-hybridized carbons (Fsp3) is 0.793. The van der Waals surface area contributed by atoms with Crippen molar-refractivity contribution in [1.29, 1.82) is 0 Å². The molecule has 1 aromatic rings. The second kappa shape index (κ2) is 13.1. The molecule has 3 fully saturated rings. The van der Waals surface area contributed by atoms with Gasteiger partial charge in [-0.25, -0.2) is 0 Å². The summed E-state index contributed by atoms with van der Waals surface area (Å²) in [5, 5.41) is 0. The van der Waals surface area contributed by atoms with Crippen molar-refractivity contribution in [3.05, 3.63) is 29.8 Å². The molecule has 3 aliphatic heterocycles. The smallest absolute Gasteiger partial charge is 0.0367 e. The van der Waals surface area contributed by atoms with Gasteiger partial charge in [-0.2, -0.15) is 0 Å². The lowest BCUT2D eigenvalue weighted by Gasteiger charge is -2.34. The van der Waals surface area contributed by atoms with Crippen LogP contribution in [0.4, 0.5) is 5.69 Å². The van der Waals surface area contributed by atoms with Gasteiger partial charge >= 0.3 is 0 Å². The summed E-state index contributed by atoms with van der Waals surface area (Å²) in [5.74, 6) is 1.95. The highest BCUT2D eigenvalue weighted by atomic mass is 15.2. The van der Waals surface area contributed by atoms with Gasteiger partial charge in [0.15, 0.2) is 0 Å². The molecule has 0 radical (unpaired) electrons. The maximum absolute atomic E-state index is 2.73. The highest BCUT2D eigenvalue weighted by Gasteiger charge is 2.19. The summed E-state index contributed by atoms with van der Waals surface area (Å²) >= 11 is 0. The summed E-state index contributed by atoms with van der Waals surface area (Å²) in [6.07, 6.45) is 12.6. The van der Waals surface area contributed by atoms with Gasteiger partial charge in [0.25, 0.3) is 0 Å². The van der Waals surface area contributed by atoms with Gasteiger partial charge in [0, 0.05) is 31.9 Å². The SMILES string of the molecule is CC1CCN(CCCCC2CCN(CCCc3ccc(N4CCN(C)CC4)cc3)CC2)CC1. The first-order valence-corrected chi connectivity index (χ1v) is 14.1. The van der Waals surface area contributed by atoms with E-state index in [-0.39, 0.29) is 0 Å². The van der Waals surface area contributed by atoms with E-state index in [2.05, 4.69) is 57.8 Å². The largest absolute Gasteiger partial charge is 0.369 e. The third-order valence-electron chi connectivity index (χ3n) is 8.66. The minimum Gasteiger partial charge on any atom is -0.369 e. The van der Waals surface area contributed by atoms with Crippen LogP contribution in [-0.2, 0) is 6.42 Å². The molecule has 0 atom stereocenters. The van der Waals surface area contributed by atoms with Crippen LogP contribution in [0.3, 0.4) is 0 Å². The number of unbranched alkanes of at least 4 members (excludes halogenated alkanes) is 1. The van der Waals surface area contributed by atoms with Crippen LogP contribution in [0, 0.1) is 11.8 Å². The van der Waals surface area contributed by atoms with Gasteiger partial charge in [-0.3, -0.25) is 0 Å². The highest BCUT2D eigenvalue weighted by Crippen LogP contribution is 2.24. The van der Waals surface area contributed by atoms with Crippen molar-refractivity contribution in [2.24, 2.45) is 11.8 Å². The summed E-state index contributed by atoms with van der Waals surface area (Å²) in [4.78, 5) is 10.4. The Morgan fingerprint density at radius 1 is 0.697 bits per heavy atom. The first-order valence-electron chi connectivity index (χ1n) is 14.1. The summed E-state index contributed by atoms with van der Waals surface area (Å²) < 4.78 is 0. The van der Waals surface area contributed by atoms with Crippen molar-refractivity contribution >= 4 is 5.69 Å². The maximum atomic E-state index is 2.73. The molecule has 0 aromatic heterocycles. The van der Waals surface area contributed by atoms with E-state index >= 15 is 0 Å². The van der Waals surface area contributed by atoms with E-state index in [1.165, 1.54) is 121 Å². The Balaban J connectivity index is 1.04. The predicted molar refractivity (Wildman–Crippen MR) is 142 cm³/mol. The molecular weight excluding hydrogens is 404 g/mol. The molecule has 0 saturated carbocycles. The summed E-state index contributed by atoms with van der Waals surface area (Å²) in [6.45, 7) is 15.1. The number of hydrogen-bond donors (Lipinski definition) is 0. The Bertz CT molecular complexity index is 651. The lowest BCUT2D eigenvalue weighted by molar-refractivity contribution is 0.168. The number of nitrogens with zero attached hydrogens (tertiary/aromatic N) is 4. The van der Waals surface area contributed by atoms with E-state index in [4.69, 9.17) is 0 Å². The molecule has 1 aromatic carbocycles. The summed E-state index contributed by atoms with van der Waals surface area (Å²) in [5.41, 5.74) is 2.91. The summed E-state index contributed by atoms with van der Waals surface area (Å²) in [7, 11) is 2.22. The van der Waals surface area contributed by atoms with E-state index < -0.39 is 0 Å². The molecule has 186 valence electrons. The number of hydrogen-bond acceptors (Lipinski definition) is 4. The molecule has 3 heterocycles. The molecule has 4 nitrogen and oxygen atoms in total. The van der Waals surface area contributed by atoms with Crippen molar-refractivity contribution < 1.29 is 0 Å². The molecule has 0 amide bonds. The molecule has 3 aliphatic rings. The fourth-order valence-electron chi connectivity index (χ4n) is 6.00. The topological polar surface area (TPSA) is 13.0 Å². The van der Waals surface area contributed by atoms with Crippen molar-refractivity contribution in [2.45, 2.75) is 64.7 Å². The lowest BCUT2D eigenvalue weighted by Crippen LogP contribution is -2.44. The van der Waals surface area contributed by atoms with Crippen LogP contribution in [0.1, 0.15) is 63.9 Å². The predicted octanol–water partition coefficient (Wildman–Crippen LogP) is 4.99. The molecular formula is C29H50N4. The van der Waals surface area contributed by atoms with Crippen LogP contribution >= 0.6 is 0 Å². The fourth-order valence-corrected chi connectivity index (χ4v) is 6.00. The molecule has 0 bridgehead atoms. The first kappa shape index (κ1) is 25.0. The Labute approximate surface area is 204 Å². The zero-order valence-electron chi connectivity index (χ0n) is 21.7. The second-order valence-corrected chi connectivity index (χ2v) is 11.4. The zero-order valence-corrected chi connectivity index (χ0v) is 21.7. The zero-order chi connectivity index (χ0) is 22.9. The molecule has 3 saturated heterocycles. The average molecular weight is 455 g/mol. The Morgan fingerprint density at radius 2 is 1.30 bits per heavy atom. The third kappa shape index (κ3) is 8.26. The van der Waals surface area contributed by atoms with E-state index in [0.717, 1.165) is 24.9 Å². The molecule has 4 heteroatoms. The number of piperidine rings is 2. The van der Waals surface area contributed by atoms with Crippen molar-refractivity contribution in [3.8, 4) is 0 Å². The molecule has 0 aliphatic carbocycles. The standard InChI is InChI=1S/C29H50N4/c1-26-12-18-31(19-13-26)16-4-3-6-28-14-20-32(21-15-28)17-5-7-27-8-10-29(11-9-27)33-24-22-30(2)23-25-33/h8-11,26,28H,3-7,12-25H2,1-2H3. The number of anilines is 1. The summed E-state index contributed by atoms with van der Waals surface area (Å²) in [6, 6.07) is 9.42. The molecule has 4 rings (SSSR count). The molecule has 0 spiro atoms. The van der Waals surface area contributed by atoms with Crippen LogP contribution < -0.4 is 4.90 Å². The Hall–Kier alpha value is -1.10. The number of likely N-dealkylation sites (tertiary alicyclic amines) is 2. The quantitative estimate of drug-likeness (QED) is 0.462. The lowest BCUT2D eigenvalue weighted by atomic mass is 9.91. The van der Waals surface area contributed by atoms with Crippen molar-refractivity contribution in [1.82, 2.24) is 14.7 Å². The minimum atomic E-state index is 0.958. The van der Waals surface area contributed by atoms with Gasteiger partial charge in [-0.05, 0) is 121 Å². The minimum absolute atomic E-state index is 0.958. The third-order valence-corrected chi connectivity index (χ3v) is 8.66. The van der Waals surface area contributed by atoms with Gasteiger partial charge in [0.2, 0.25) is 0 Å². The highest BCUT2D eigenvalue weighted by molar-refractivity contribution is 5.48. The Kier molecular flexibility index (Phi) is 9.94. The molecule has 33 heavy (non-hydrogen) atoms. The number of benzene rings is 1. The first-order chi connectivity index (χ1) is 16.2. The maximum Gasteiger partial charge on any atom is 0.0367 e. The van der Waals surface area contributed by atoms with Crippen molar-refractivity contribution in [3.63, 3.8) is 0 Å². The van der Waals surface area contributed by atoms with E-state index in [9.17, 15) is 0 Å². The molecule has 0 unspecified atom stereocenters. The normalized spacial score (nSPS) is 22.8. The van der Waals surface area contributed by atoms with E-state index in [1.807, 2.05) is 0 Å². The van der Waals surface area contributed by atoms with Gasteiger partial charge in [-0.15, -0.1) is 0 Å². The van der Waals surface area contributed by atoms with Gasteiger partial charge in [-0.1, -0.05) is 31.9 Å². The van der Waals surface area contributed by atoms with Crippen LogP contribution in [-0.4, -0.2) is 87.2 Å². The Morgan fingerprint density at radius 3 is 1.97 bits per heavy atom. The van der Waals surface area contributed by atoms with Crippen LogP contribution in [0.5, 0.6) is 0 Å². The van der Waals surface area contributed by atoms with Gasteiger partial charge < -0.3 is 19.6 Å². The van der Waals surface area contributed by atoms with E-state index in [1.54, 1.807) is 0 Å². The van der Waals surface area contributed by atoms with Gasteiger partial charge in [0.05, 0.1) is 0 Å². The van der Waals surface area contributed by atoms with Gasteiger partial charge in [0.1, 0.15) is 0 Å². The number of piperazine rings is 1. The van der Waals surface area contributed by atoms with Crippen LogP contribution in [0.25, 0.3) is 0 Å². The monoisotopic (exact) mass is 454 g/mol. The second-order valence-electron chi connectivity index (χ2n) is 11.4. The van der Waals surface area contributed by atoms with E-state index in [0.29, 0.717) is 0 Å². The molecule has 0 N–H and O–H groups in total. The van der Waals surface area contributed by atoms with Crippen LogP contribution in [0.15, 0.2) is 24.3 Å².